The van der Waals surface area contributed by atoms with Crippen LogP contribution in [-0.2, 0) is 0 Å². The maximum absolute atomic E-state index is 13.8. The van der Waals surface area contributed by atoms with E-state index in [1.807, 2.05) is 0 Å². The largest absolute Gasteiger partial charge is 0.424 e. The monoisotopic (exact) mass is 227 g/mol. The Morgan fingerprint density at radius 3 is 1.73 bits per heavy atom. The van der Waals surface area contributed by atoms with Crippen LogP contribution in [-0.4, -0.2) is 18.4 Å². The first-order valence-electron chi connectivity index (χ1n) is 5.37. The molecule has 0 radical (unpaired) electrons. The second kappa shape index (κ2) is 4.68. The fraction of sp³-hybridized carbons (Fsp3) is 1.00. The van der Waals surface area contributed by atoms with Gasteiger partial charge in [-0.25, -0.2) is 4.39 Å². The molecular weight excluding hydrogens is 210 g/mol. The van der Waals surface area contributed by atoms with Gasteiger partial charge >= 0.3 is 6.18 Å². The van der Waals surface area contributed by atoms with Gasteiger partial charge in [-0.05, 0) is 12.8 Å². The lowest BCUT2D eigenvalue weighted by molar-refractivity contribution is -0.246. The summed E-state index contributed by atoms with van der Waals surface area (Å²) in [7, 11) is 0. The molecule has 5 heteroatoms. The molecular formula is C10H17F4N. The van der Waals surface area contributed by atoms with E-state index in [9.17, 15) is 17.6 Å². The fourth-order valence-corrected chi connectivity index (χ4v) is 2.25. The number of hydrogen-bond donors (Lipinski definition) is 1. The van der Waals surface area contributed by atoms with Gasteiger partial charge in [0.2, 0.25) is 5.67 Å². The smallest absolute Gasteiger partial charge is 0.327 e. The molecule has 0 aliphatic heterocycles. The molecule has 1 atom stereocenters. The molecule has 1 unspecified atom stereocenters. The number of hydrogen-bond acceptors (Lipinski definition) is 1. The topological polar surface area (TPSA) is 26.0 Å². The normalized spacial score (nSPS) is 24.6. The van der Waals surface area contributed by atoms with Crippen molar-refractivity contribution in [2.24, 2.45) is 11.7 Å². The maximum Gasteiger partial charge on any atom is 0.424 e. The van der Waals surface area contributed by atoms with Crippen molar-refractivity contribution in [1.82, 2.24) is 0 Å². The van der Waals surface area contributed by atoms with E-state index in [0.717, 1.165) is 12.8 Å². The van der Waals surface area contributed by atoms with E-state index in [2.05, 4.69) is 0 Å². The van der Waals surface area contributed by atoms with E-state index >= 15 is 0 Å². The van der Waals surface area contributed by atoms with E-state index < -0.39 is 24.3 Å². The standard InChI is InChI=1S/C10H17F4N/c11-9(7-15,10(12,13)14)8-5-3-1-2-4-6-8/h8H,1-7,15H2. The van der Waals surface area contributed by atoms with Gasteiger partial charge in [-0.1, -0.05) is 25.7 Å². The Hall–Kier alpha value is -0.320. The zero-order chi connectivity index (χ0) is 11.5. The molecule has 0 heterocycles. The predicted molar refractivity (Wildman–Crippen MR) is 50.1 cm³/mol. The first-order valence-corrected chi connectivity index (χ1v) is 5.37. The van der Waals surface area contributed by atoms with Crippen LogP contribution in [0.3, 0.4) is 0 Å². The van der Waals surface area contributed by atoms with Crippen molar-refractivity contribution in [2.75, 3.05) is 6.54 Å². The lowest BCUT2D eigenvalue weighted by Crippen LogP contribution is -2.52. The molecule has 0 saturated heterocycles. The molecule has 0 aromatic heterocycles. The maximum atomic E-state index is 13.8. The van der Waals surface area contributed by atoms with Gasteiger partial charge in [-0.3, -0.25) is 0 Å². The van der Waals surface area contributed by atoms with E-state index in [1.54, 1.807) is 0 Å². The zero-order valence-electron chi connectivity index (χ0n) is 8.62. The summed E-state index contributed by atoms with van der Waals surface area (Å²) < 4.78 is 51.5. The van der Waals surface area contributed by atoms with Crippen LogP contribution in [0.5, 0.6) is 0 Å². The number of rotatable bonds is 2. The minimum absolute atomic E-state index is 0.299. The number of alkyl halides is 4. The molecule has 0 amide bonds. The molecule has 1 saturated carbocycles. The third-order valence-electron chi connectivity index (χ3n) is 3.27. The van der Waals surface area contributed by atoms with Crippen LogP contribution < -0.4 is 5.73 Å². The molecule has 90 valence electrons. The van der Waals surface area contributed by atoms with Crippen molar-refractivity contribution < 1.29 is 17.6 Å². The van der Waals surface area contributed by atoms with Gasteiger partial charge in [0, 0.05) is 12.5 Å². The summed E-state index contributed by atoms with van der Waals surface area (Å²) in [6, 6.07) is 0. The fourth-order valence-electron chi connectivity index (χ4n) is 2.25. The van der Waals surface area contributed by atoms with Crippen LogP contribution in [0.2, 0.25) is 0 Å². The average Bonchev–Trinajstić information content (AvgIpc) is 2.43. The van der Waals surface area contributed by atoms with E-state index in [1.165, 1.54) is 0 Å². The van der Waals surface area contributed by atoms with Gasteiger partial charge in [-0.15, -0.1) is 0 Å². The Bertz CT molecular complexity index is 196. The molecule has 0 aromatic carbocycles. The SMILES string of the molecule is NCC(F)(C1CCCCCC1)C(F)(F)F. The van der Waals surface area contributed by atoms with Gasteiger partial charge in [0.25, 0.3) is 0 Å². The summed E-state index contributed by atoms with van der Waals surface area (Å²) in [5.41, 5.74) is 1.80. The molecule has 0 aromatic rings. The van der Waals surface area contributed by atoms with Crippen molar-refractivity contribution in [3.63, 3.8) is 0 Å². The summed E-state index contributed by atoms with van der Waals surface area (Å²) in [4.78, 5) is 0. The molecule has 2 N–H and O–H groups in total. The summed E-state index contributed by atoms with van der Waals surface area (Å²) in [6.45, 7) is -0.957. The lowest BCUT2D eigenvalue weighted by atomic mass is 9.83. The van der Waals surface area contributed by atoms with Crippen molar-refractivity contribution in [3.05, 3.63) is 0 Å². The molecule has 1 nitrogen and oxygen atoms in total. The molecule has 0 spiro atoms. The predicted octanol–water partition coefficient (Wildman–Crippen LogP) is 3.19. The van der Waals surface area contributed by atoms with Crippen LogP contribution in [0.15, 0.2) is 0 Å². The second-order valence-corrected chi connectivity index (χ2v) is 4.25. The Morgan fingerprint density at radius 2 is 1.40 bits per heavy atom. The van der Waals surface area contributed by atoms with E-state index in [0.29, 0.717) is 25.7 Å². The molecule has 1 rings (SSSR count). The van der Waals surface area contributed by atoms with Gasteiger partial charge in [0.15, 0.2) is 0 Å². The number of nitrogens with two attached hydrogens (primary N) is 1. The minimum atomic E-state index is -4.84. The summed E-state index contributed by atoms with van der Waals surface area (Å²) in [5.74, 6) is -0.954. The molecule has 0 bridgehead atoms. The molecule has 1 aliphatic carbocycles. The van der Waals surface area contributed by atoms with E-state index in [4.69, 9.17) is 5.73 Å². The lowest BCUT2D eigenvalue weighted by Gasteiger charge is -2.33. The van der Waals surface area contributed by atoms with Gasteiger partial charge < -0.3 is 5.73 Å². The van der Waals surface area contributed by atoms with Gasteiger partial charge in [-0.2, -0.15) is 13.2 Å². The van der Waals surface area contributed by atoms with Crippen LogP contribution in [0, 0.1) is 5.92 Å². The molecule has 1 aliphatic rings. The third kappa shape index (κ3) is 2.62. The third-order valence-corrected chi connectivity index (χ3v) is 3.27. The van der Waals surface area contributed by atoms with Crippen molar-refractivity contribution >= 4 is 0 Å². The highest BCUT2D eigenvalue weighted by atomic mass is 19.4. The zero-order valence-corrected chi connectivity index (χ0v) is 8.62. The highest BCUT2D eigenvalue weighted by Gasteiger charge is 2.59. The van der Waals surface area contributed by atoms with Crippen LogP contribution in [0.4, 0.5) is 17.6 Å². The summed E-state index contributed by atoms with van der Waals surface area (Å²) in [6.07, 6.45) is -1.10. The first kappa shape index (κ1) is 12.7. The second-order valence-electron chi connectivity index (χ2n) is 4.25. The molecule has 1 fully saturated rings. The van der Waals surface area contributed by atoms with Crippen LogP contribution >= 0.6 is 0 Å². The first-order chi connectivity index (χ1) is 6.92. The van der Waals surface area contributed by atoms with Crippen LogP contribution in [0.1, 0.15) is 38.5 Å². The minimum Gasteiger partial charge on any atom is -0.327 e. The quantitative estimate of drug-likeness (QED) is 0.569. The summed E-state index contributed by atoms with van der Waals surface area (Å²) >= 11 is 0. The summed E-state index contributed by atoms with van der Waals surface area (Å²) in [5, 5.41) is 0. The van der Waals surface area contributed by atoms with Crippen molar-refractivity contribution in [1.29, 1.82) is 0 Å². The Kier molecular flexibility index (Phi) is 3.98. The van der Waals surface area contributed by atoms with E-state index in [-0.39, 0.29) is 0 Å². The number of halogens is 4. The Balaban J connectivity index is 2.79. The average molecular weight is 227 g/mol. The van der Waals surface area contributed by atoms with Crippen molar-refractivity contribution in [2.45, 2.75) is 50.4 Å². The highest BCUT2D eigenvalue weighted by molar-refractivity contribution is 4.95. The van der Waals surface area contributed by atoms with Crippen molar-refractivity contribution in [3.8, 4) is 0 Å². The highest BCUT2D eigenvalue weighted by Crippen LogP contribution is 2.44. The molecule has 15 heavy (non-hydrogen) atoms. The van der Waals surface area contributed by atoms with Gasteiger partial charge in [0.1, 0.15) is 0 Å². The Labute approximate surface area is 87.0 Å². The van der Waals surface area contributed by atoms with Gasteiger partial charge in [0.05, 0.1) is 0 Å². The van der Waals surface area contributed by atoms with Crippen LogP contribution in [0.25, 0.3) is 0 Å². The Morgan fingerprint density at radius 1 is 0.933 bits per heavy atom.